The molecule has 1 N–H and O–H groups in total. The summed E-state index contributed by atoms with van der Waals surface area (Å²) in [5.74, 6) is 0. The van der Waals surface area contributed by atoms with E-state index in [1.165, 1.54) is 22.5 Å². The van der Waals surface area contributed by atoms with Crippen LogP contribution in [0.4, 0.5) is 0 Å². The van der Waals surface area contributed by atoms with E-state index in [9.17, 15) is 8.42 Å². The van der Waals surface area contributed by atoms with Gasteiger partial charge in [-0.2, -0.15) is 4.31 Å². The fraction of sp³-hybridized carbons (Fsp3) is 0.500. The Kier molecular flexibility index (Phi) is 4.94. The number of hydrogen-bond donors (Lipinski definition) is 1. The van der Waals surface area contributed by atoms with Gasteiger partial charge in [0, 0.05) is 12.6 Å². The predicted octanol–water partition coefficient (Wildman–Crippen LogP) is 1.76. The highest BCUT2D eigenvalue weighted by atomic mass is 35.5. The first-order valence-corrected chi connectivity index (χ1v) is 8.25. The van der Waals surface area contributed by atoms with Gasteiger partial charge in [0.2, 0.25) is 10.0 Å². The lowest BCUT2D eigenvalue weighted by atomic mass is 10.2. The summed E-state index contributed by atoms with van der Waals surface area (Å²) >= 11 is 11.7. The summed E-state index contributed by atoms with van der Waals surface area (Å²) in [5.41, 5.74) is 0. The highest BCUT2D eigenvalue weighted by Gasteiger charge is 2.35. The minimum absolute atomic E-state index is 0.0809. The number of hydrogen-bond acceptors (Lipinski definition) is 4. The van der Waals surface area contributed by atoms with E-state index in [4.69, 9.17) is 33.0 Å². The zero-order chi connectivity index (χ0) is 14.9. The molecule has 1 fully saturated rings. The first kappa shape index (κ1) is 16.0. The molecule has 1 aromatic rings. The van der Waals surface area contributed by atoms with Gasteiger partial charge in [-0.3, -0.25) is 0 Å². The van der Waals surface area contributed by atoms with Crippen molar-refractivity contribution in [1.29, 1.82) is 0 Å². The number of nitrogens with zero attached hydrogens (tertiary/aromatic N) is 1. The van der Waals surface area contributed by atoms with E-state index in [1.54, 1.807) is 6.92 Å². The van der Waals surface area contributed by atoms with Crippen molar-refractivity contribution in [1.82, 2.24) is 4.31 Å². The van der Waals surface area contributed by atoms with Gasteiger partial charge >= 0.3 is 0 Å². The molecular formula is C12H15Cl2NO4S. The van der Waals surface area contributed by atoms with E-state index in [1.807, 2.05) is 0 Å². The fourth-order valence-corrected chi connectivity index (χ4v) is 4.05. The van der Waals surface area contributed by atoms with Crippen molar-refractivity contribution in [2.24, 2.45) is 0 Å². The molecule has 0 bridgehead atoms. The zero-order valence-electron chi connectivity index (χ0n) is 10.8. The van der Waals surface area contributed by atoms with Gasteiger partial charge in [-0.25, -0.2) is 8.42 Å². The summed E-state index contributed by atoms with van der Waals surface area (Å²) in [5, 5.41) is 9.61. The first-order valence-electron chi connectivity index (χ1n) is 6.05. The van der Waals surface area contributed by atoms with Crippen LogP contribution in [0.5, 0.6) is 0 Å². The highest BCUT2D eigenvalue weighted by Crippen LogP contribution is 2.28. The molecule has 2 atom stereocenters. The smallest absolute Gasteiger partial charge is 0.243 e. The van der Waals surface area contributed by atoms with Gasteiger partial charge in [-0.05, 0) is 25.1 Å². The summed E-state index contributed by atoms with van der Waals surface area (Å²) in [6.45, 7) is 1.88. The lowest BCUT2D eigenvalue weighted by Crippen LogP contribution is -2.51. The molecule has 0 aromatic heterocycles. The number of halogens is 2. The molecule has 0 spiro atoms. The largest absolute Gasteiger partial charge is 0.394 e. The van der Waals surface area contributed by atoms with Crippen molar-refractivity contribution < 1.29 is 18.3 Å². The molecule has 2 unspecified atom stereocenters. The predicted molar refractivity (Wildman–Crippen MR) is 76.6 cm³/mol. The fourth-order valence-electron chi connectivity index (χ4n) is 2.01. The van der Waals surface area contributed by atoms with Crippen LogP contribution >= 0.6 is 23.2 Å². The van der Waals surface area contributed by atoms with Crippen LogP contribution in [0.25, 0.3) is 0 Å². The van der Waals surface area contributed by atoms with E-state index in [0.29, 0.717) is 5.02 Å². The number of sulfonamides is 1. The molecule has 5 nitrogen and oxygen atoms in total. The van der Waals surface area contributed by atoms with Gasteiger partial charge in [0.25, 0.3) is 0 Å². The number of benzene rings is 1. The molecule has 112 valence electrons. The van der Waals surface area contributed by atoms with Gasteiger partial charge < -0.3 is 9.84 Å². The van der Waals surface area contributed by atoms with Crippen molar-refractivity contribution in [3.05, 3.63) is 28.2 Å². The van der Waals surface area contributed by atoms with Gasteiger partial charge in [0.05, 0.1) is 34.3 Å². The van der Waals surface area contributed by atoms with E-state index in [0.717, 1.165) is 0 Å². The van der Waals surface area contributed by atoms with Crippen molar-refractivity contribution in [2.45, 2.75) is 24.0 Å². The molecule has 0 radical (unpaired) electrons. The summed E-state index contributed by atoms with van der Waals surface area (Å²) in [4.78, 5) is 0.0809. The normalized spacial score (nSPS) is 24.8. The van der Waals surface area contributed by atoms with E-state index in [-0.39, 0.29) is 35.7 Å². The second-order valence-electron chi connectivity index (χ2n) is 4.64. The minimum Gasteiger partial charge on any atom is -0.394 e. The van der Waals surface area contributed by atoms with Crippen LogP contribution in [0.2, 0.25) is 10.0 Å². The topological polar surface area (TPSA) is 66.8 Å². The Morgan fingerprint density at radius 3 is 2.70 bits per heavy atom. The second-order valence-corrected chi connectivity index (χ2v) is 7.34. The molecule has 1 aliphatic rings. The Hall–Kier alpha value is -0.370. The number of aliphatic hydroxyl groups is 1. The van der Waals surface area contributed by atoms with Crippen LogP contribution in [0.1, 0.15) is 6.92 Å². The molecule has 8 heteroatoms. The number of aliphatic hydroxyl groups excluding tert-OH is 1. The third-order valence-electron chi connectivity index (χ3n) is 3.15. The Bertz CT molecular complexity index is 593. The Labute approximate surface area is 128 Å². The van der Waals surface area contributed by atoms with Crippen LogP contribution in [0, 0.1) is 0 Å². The van der Waals surface area contributed by atoms with E-state index in [2.05, 4.69) is 0 Å². The van der Waals surface area contributed by atoms with Crippen LogP contribution in [0.15, 0.2) is 23.1 Å². The Morgan fingerprint density at radius 1 is 1.40 bits per heavy atom. The lowest BCUT2D eigenvalue weighted by molar-refractivity contribution is -0.0516. The molecule has 1 aromatic carbocycles. The average Bonchev–Trinajstić information content (AvgIpc) is 2.42. The summed E-state index contributed by atoms with van der Waals surface area (Å²) in [6, 6.07) is 3.89. The van der Waals surface area contributed by atoms with Crippen molar-refractivity contribution in [3.8, 4) is 0 Å². The van der Waals surface area contributed by atoms with Gasteiger partial charge in [0.15, 0.2) is 0 Å². The number of ether oxygens (including phenoxy) is 1. The maximum Gasteiger partial charge on any atom is 0.243 e. The van der Waals surface area contributed by atoms with Crippen molar-refractivity contribution >= 4 is 33.2 Å². The second kappa shape index (κ2) is 6.17. The molecule has 0 saturated carbocycles. The first-order chi connectivity index (χ1) is 9.36. The van der Waals surface area contributed by atoms with Gasteiger partial charge in [0.1, 0.15) is 0 Å². The molecule has 1 aliphatic heterocycles. The van der Waals surface area contributed by atoms with Crippen molar-refractivity contribution in [2.75, 3.05) is 19.8 Å². The van der Waals surface area contributed by atoms with E-state index >= 15 is 0 Å². The minimum atomic E-state index is -3.69. The standard InChI is InChI=1S/C12H15Cl2NO4S/c1-8-7-19-9(6-16)5-15(8)20(17,18)10-2-3-11(13)12(14)4-10/h2-4,8-9,16H,5-7H2,1H3. The summed E-state index contributed by atoms with van der Waals surface area (Å²) in [6.07, 6.45) is -0.510. The number of morpholine rings is 1. The molecule has 20 heavy (non-hydrogen) atoms. The molecule has 1 heterocycles. The van der Waals surface area contributed by atoms with Crippen LogP contribution in [-0.4, -0.2) is 49.7 Å². The molecule has 0 amide bonds. The highest BCUT2D eigenvalue weighted by molar-refractivity contribution is 7.89. The van der Waals surface area contributed by atoms with Crippen LogP contribution in [-0.2, 0) is 14.8 Å². The summed E-state index contributed by atoms with van der Waals surface area (Å²) in [7, 11) is -3.69. The van der Waals surface area contributed by atoms with Gasteiger partial charge in [-0.15, -0.1) is 0 Å². The number of rotatable bonds is 3. The molecule has 2 rings (SSSR count). The molecular weight excluding hydrogens is 325 g/mol. The molecule has 1 saturated heterocycles. The lowest BCUT2D eigenvalue weighted by Gasteiger charge is -2.36. The third kappa shape index (κ3) is 3.10. The van der Waals surface area contributed by atoms with Crippen LogP contribution < -0.4 is 0 Å². The average molecular weight is 340 g/mol. The SMILES string of the molecule is CC1COC(CO)CN1S(=O)(=O)c1ccc(Cl)c(Cl)c1. The maximum atomic E-state index is 12.6. The quantitative estimate of drug-likeness (QED) is 0.911. The van der Waals surface area contributed by atoms with Gasteiger partial charge in [-0.1, -0.05) is 23.2 Å². The summed E-state index contributed by atoms with van der Waals surface area (Å²) < 4.78 is 31.9. The van der Waals surface area contributed by atoms with E-state index < -0.39 is 16.1 Å². The van der Waals surface area contributed by atoms with Crippen LogP contribution in [0.3, 0.4) is 0 Å². The third-order valence-corrected chi connectivity index (χ3v) is 5.86. The Morgan fingerprint density at radius 2 is 2.10 bits per heavy atom. The monoisotopic (exact) mass is 339 g/mol. The van der Waals surface area contributed by atoms with Crippen molar-refractivity contribution in [3.63, 3.8) is 0 Å². The molecule has 0 aliphatic carbocycles. The maximum absolute atomic E-state index is 12.6. The Balaban J connectivity index is 2.35. The zero-order valence-corrected chi connectivity index (χ0v) is 13.1.